The molecular formula is C32H38N2O8S. The summed E-state index contributed by atoms with van der Waals surface area (Å²) in [4.78, 5) is 25.9. The van der Waals surface area contributed by atoms with E-state index in [1.54, 1.807) is 36.4 Å². The van der Waals surface area contributed by atoms with Crippen LogP contribution in [0.15, 0.2) is 72.8 Å². The largest absolute Gasteiger partial charge is 0.490 e. The molecule has 4 rings (SSSR count). The molecule has 10 nitrogen and oxygen atoms in total. The van der Waals surface area contributed by atoms with Crippen LogP contribution >= 0.6 is 0 Å². The van der Waals surface area contributed by atoms with Crippen molar-refractivity contribution in [3.8, 4) is 16.9 Å². The van der Waals surface area contributed by atoms with Gasteiger partial charge in [0, 0.05) is 6.54 Å². The summed E-state index contributed by atoms with van der Waals surface area (Å²) in [5.41, 5.74) is 3.27. The number of rotatable bonds is 13. The molecule has 43 heavy (non-hydrogen) atoms. The lowest BCUT2D eigenvalue weighted by atomic mass is 9.97. The fourth-order valence-electron chi connectivity index (χ4n) is 5.10. The lowest BCUT2D eigenvalue weighted by molar-refractivity contribution is 0.0967. The second-order valence-corrected chi connectivity index (χ2v) is 12.5. The number of ether oxygens (including phenoxy) is 1. The van der Waals surface area contributed by atoms with Crippen molar-refractivity contribution in [2.24, 2.45) is 0 Å². The Kier molecular flexibility index (Phi) is 11.2. The minimum absolute atomic E-state index is 0.0393. The minimum atomic E-state index is -3.99. The van der Waals surface area contributed by atoms with Gasteiger partial charge in [0.25, 0.3) is 5.91 Å². The molecule has 1 fully saturated rings. The second kappa shape index (κ2) is 15.0. The minimum Gasteiger partial charge on any atom is -0.490 e. The van der Waals surface area contributed by atoms with Crippen molar-refractivity contribution >= 4 is 22.0 Å². The highest BCUT2D eigenvalue weighted by atomic mass is 32.2. The normalized spacial score (nSPS) is 14.6. The summed E-state index contributed by atoms with van der Waals surface area (Å²) >= 11 is 0. The molecule has 1 aliphatic rings. The van der Waals surface area contributed by atoms with Gasteiger partial charge in [-0.05, 0) is 66.5 Å². The van der Waals surface area contributed by atoms with E-state index in [0.29, 0.717) is 17.7 Å². The van der Waals surface area contributed by atoms with Gasteiger partial charge in [-0.2, -0.15) is 0 Å². The Morgan fingerprint density at radius 1 is 0.953 bits per heavy atom. The van der Waals surface area contributed by atoms with Crippen LogP contribution in [0.3, 0.4) is 0 Å². The maximum atomic E-state index is 12.9. The first-order valence-corrected chi connectivity index (χ1v) is 16.1. The molecule has 3 aromatic carbocycles. The van der Waals surface area contributed by atoms with Gasteiger partial charge < -0.3 is 25.0 Å². The van der Waals surface area contributed by atoms with Gasteiger partial charge in [0.1, 0.15) is 5.75 Å². The number of carbonyl (C=O) groups excluding carboxylic acids is 1. The van der Waals surface area contributed by atoms with E-state index in [1.165, 1.54) is 11.0 Å². The highest BCUT2D eigenvalue weighted by Gasteiger charge is 2.23. The molecule has 0 saturated heterocycles. The average Bonchev–Trinajstić information content (AvgIpc) is 3.00. The Hall–Kier alpha value is -3.93. The van der Waals surface area contributed by atoms with Crippen LogP contribution in [0.1, 0.15) is 59.7 Å². The molecule has 4 N–H and O–H groups in total. The summed E-state index contributed by atoms with van der Waals surface area (Å²) in [5.74, 6) is -1.11. The lowest BCUT2D eigenvalue weighted by Gasteiger charge is -2.24. The Bertz CT molecular complexity index is 1470. The Morgan fingerprint density at radius 3 is 2.28 bits per heavy atom. The van der Waals surface area contributed by atoms with Crippen molar-refractivity contribution in [3.05, 3.63) is 89.5 Å². The molecule has 0 bridgehead atoms. The van der Waals surface area contributed by atoms with Crippen LogP contribution in [0.25, 0.3) is 11.1 Å². The van der Waals surface area contributed by atoms with E-state index in [-0.39, 0.29) is 24.8 Å². The van der Waals surface area contributed by atoms with Crippen LogP contribution in [-0.4, -0.2) is 72.2 Å². The fourth-order valence-corrected chi connectivity index (χ4v) is 5.83. The smallest absolute Gasteiger partial charge is 0.407 e. The summed E-state index contributed by atoms with van der Waals surface area (Å²) in [6.45, 7) is -0.434. The van der Waals surface area contributed by atoms with Gasteiger partial charge in [0.15, 0.2) is 0 Å². The number of nitrogens with zero attached hydrogens (tertiary/aromatic N) is 1. The number of hydrogen-bond donors (Lipinski definition) is 4. The average molecular weight is 611 g/mol. The van der Waals surface area contributed by atoms with Crippen molar-refractivity contribution in [1.29, 1.82) is 0 Å². The van der Waals surface area contributed by atoms with Crippen LogP contribution < -0.4 is 9.46 Å². The number of aliphatic hydroxyl groups is 2. The number of carboxylic acid groups (broad SMARTS) is 1. The van der Waals surface area contributed by atoms with Crippen LogP contribution in [-0.2, 0) is 16.4 Å². The van der Waals surface area contributed by atoms with Crippen molar-refractivity contribution in [2.45, 2.75) is 50.7 Å². The predicted octanol–water partition coefficient (Wildman–Crippen LogP) is 4.37. The highest BCUT2D eigenvalue weighted by molar-refractivity contribution is 7.90. The standard InChI is InChI=1S/C32H38N2O8S/c35-19-20-43(40,41)33-31(37)28-16-15-26(21-30(28)42-27-9-5-2-6-10-27)24-13-11-23(12-14-24)17-18-34(32(38)39)22-29(36)25-7-3-1-4-8-25/h1,3-4,7-8,11-16,21,27,29,35-36H,2,5-6,9-10,17-20,22H2,(H,33,37)(H,38,39)/t29-/m0/s1. The van der Waals surface area contributed by atoms with Crippen LogP contribution in [0, 0.1) is 0 Å². The third kappa shape index (κ3) is 9.28. The van der Waals surface area contributed by atoms with Gasteiger partial charge in [-0.3, -0.25) is 4.79 Å². The van der Waals surface area contributed by atoms with Gasteiger partial charge in [0.05, 0.1) is 36.7 Å². The third-order valence-electron chi connectivity index (χ3n) is 7.49. The summed E-state index contributed by atoms with van der Waals surface area (Å²) in [7, 11) is -3.99. The number of aliphatic hydroxyl groups excluding tert-OH is 2. The van der Waals surface area contributed by atoms with E-state index in [9.17, 15) is 28.2 Å². The molecule has 11 heteroatoms. The maximum Gasteiger partial charge on any atom is 0.407 e. The van der Waals surface area contributed by atoms with E-state index in [4.69, 9.17) is 9.84 Å². The molecule has 0 radical (unpaired) electrons. The van der Waals surface area contributed by atoms with Gasteiger partial charge in [-0.15, -0.1) is 0 Å². The molecule has 0 aromatic heterocycles. The predicted molar refractivity (Wildman–Crippen MR) is 162 cm³/mol. The molecule has 3 aromatic rings. The summed E-state index contributed by atoms with van der Waals surface area (Å²) in [6, 6.07) is 21.5. The molecular weight excluding hydrogens is 572 g/mol. The van der Waals surface area contributed by atoms with Gasteiger partial charge >= 0.3 is 6.09 Å². The third-order valence-corrected chi connectivity index (χ3v) is 8.70. The molecule has 230 valence electrons. The Labute approximate surface area is 252 Å². The van der Waals surface area contributed by atoms with Gasteiger partial charge in [0.2, 0.25) is 10.0 Å². The van der Waals surface area contributed by atoms with Crippen molar-refractivity contribution in [2.75, 3.05) is 25.4 Å². The van der Waals surface area contributed by atoms with Crippen molar-refractivity contribution in [3.63, 3.8) is 0 Å². The van der Waals surface area contributed by atoms with Gasteiger partial charge in [-0.25, -0.2) is 17.9 Å². The van der Waals surface area contributed by atoms with Crippen molar-refractivity contribution in [1.82, 2.24) is 9.62 Å². The zero-order valence-corrected chi connectivity index (χ0v) is 24.7. The van der Waals surface area contributed by atoms with Crippen LogP contribution in [0.4, 0.5) is 4.79 Å². The lowest BCUT2D eigenvalue weighted by Crippen LogP contribution is -2.35. The Morgan fingerprint density at radius 2 is 1.63 bits per heavy atom. The fraction of sp³-hybridized carbons (Fsp3) is 0.375. The molecule has 1 atom stereocenters. The molecule has 0 unspecified atom stereocenters. The second-order valence-electron chi connectivity index (χ2n) is 10.7. The number of carbonyl (C=O) groups is 2. The molecule has 0 heterocycles. The zero-order chi connectivity index (χ0) is 30.8. The number of hydrogen-bond acceptors (Lipinski definition) is 7. The topological polar surface area (TPSA) is 153 Å². The first kappa shape index (κ1) is 32.0. The van der Waals surface area contributed by atoms with E-state index in [1.807, 2.05) is 35.1 Å². The zero-order valence-electron chi connectivity index (χ0n) is 23.9. The highest BCUT2D eigenvalue weighted by Crippen LogP contribution is 2.31. The maximum absolute atomic E-state index is 12.9. The number of sulfonamides is 1. The number of amides is 2. The summed E-state index contributed by atoms with van der Waals surface area (Å²) in [5, 5.41) is 29.1. The van der Waals surface area contributed by atoms with E-state index < -0.39 is 40.5 Å². The molecule has 1 saturated carbocycles. The van der Waals surface area contributed by atoms with E-state index in [2.05, 4.69) is 0 Å². The first-order valence-electron chi connectivity index (χ1n) is 14.4. The first-order chi connectivity index (χ1) is 20.6. The Balaban J connectivity index is 1.48. The summed E-state index contributed by atoms with van der Waals surface area (Å²) in [6.07, 6.45) is 3.18. The van der Waals surface area contributed by atoms with E-state index in [0.717, 1.165) is 48.8 Å². The molecule has 2 amide bonds. The molecule has 0 spiro atoms. The number of nitrogens with one attached hydrogen (secondary N) is 1. The number of benzene rings is 3. The van der Waals surface area contributed by atoms with Crippen LogP contribution in [0.5, 0.6) is 5.75 Å². The SMILES string of the molecule is O=C(NS(=O)(=O)CCO)c1ccc(-c2ccc(CCN(C[C@H](O)c3ccccc3)C(=O)O)cc2)cc1OC1CCCCC1. The quantitative estimate of drug-likeness (QED) is 0.223. The van der Waals surface area contributed by atoms with Crippen LogP contribution in [0.2, 0.25) is 0 Å². The van der Waals surface area contributed by atoms with Crippen molar-refractivity contribution < 1.29 is 38.1 Å². The summed E-state index contributed by atoms with van der Waals surface area (Å²) < 4.78 is 32.4. The van der Waals surface area contributed by atoms with Gasteiger partial charge in [-0.1, -0.05) is 67.1 Å². The molecule has 1 aliphatic carbocycles. The molecule has 0 aliphatic heterocycles. The monoisotopic (exact) mass is 610 g/mol. The van der Waals surface area contributed by atoms with E-state index >= 15 is 0 Å².